The van der Waals surface area contributed by atoms with Gasteiger partial charge in [0.05, 0.1) is 37.5 Å². The van der Waals surface area contributed by atoms with Crippen molar-refractivity contribution in [1.29, 1.82) is 0 Å². The highest BCUT2D eigenvalue weighted by molar-refractivity contribution is 7.52. The third-order valence-corrected chi connectivity index (χ3v) is 18.6. The molecule has 0 heterocycles. The van der Waals surface area contributed by atoms with Crippen LogP contribution in [0.5, 0.6) is 0 Å². The van der Waals surface area contributed by atoms with Gasteiger partial charge in [0.25, 0.3) is 0 Å². The Morgan fingerprint density at radius 1 is 0.682 bits per heavy atom. The highest BCUT2D eigenvalue weighted by Crippen LogP contribution is 2.41. The van der Waals surface area contributed by atoms with E-state index in [-0.39, 0.29) is 18.2 Å². The zero-order chi connectivity index (χ0) is 34.6. The quantitative estimate of drug-likeness (QED) is 0.0433. The number of hydrogen-bond acceptors (Lipinski definition) is 14. The van der Waals surface area contributed by atoms with Gasteiger partial charge in [-0.1, -0.05) is 6.92 Å². The van der Waals surface area contributed by atoms with Crippen LogP contribution in [-0.4, -0.2) is 138 Å². The Bertz CT molecular complexity index is 1090. The normalized spacial score (nSPS) is 16.0. The first-order chi connectivity index (χ1) is 19.9. The zero-order valence-electron chi connectivity index (χ0n) is 25.2. The van der Waals surface area contributed by atoms with Crippen LogP contribution in [0.15, 0.2) is 0 Å². The number of nitrogens with one attached hydrogen (secondary N) is 1. The summed E-state index contributed by atoms with van der Waals surface area (Å²) in [6, 6.07) is -1.61. The van der Waals surface area contributed by atoms with Gasteiger partial charge in [-0.2, -0.15) is 0 Å². The first-order valence-corrected chi connectivity index (χ1v) is 24.4. The third kappa shape index (κ3) is 18.2. The van der Waals surface area contributed by atoms with Crippen molar-refractivity contribution < 1.29 is 83.4 Å². The fourth-order valence-corrected chi connectivity index (χ4v) is 16.5. The summed E-state index contributed by atoms with van der Waals surface area (Å²) >= 11 is 0. The van der Waals surface area contributed by atoms with E-state index < -0.39 is 105 Å². The molecule has 0 fully saturated rings. The van der Waals surface area contributed by atoms with Gasteiger partial charge in [-0.05, 0) is 6.55 Å². The van der Waals surface area contributed by atoms with E-state index in [1.54, 1.807) is 6.92 Å². The minimum absolute atomic E-state index is 0.0806. The van der Waals surface area contributed by atoms with E-state index >= 15 is 0 Å². The maximum absolute atomic E-state index is 13.0. The van der Waals surface area contributed by atoms with Crippen LogP contribution >= 0.6 is 22.8 Å². The molecule has 0 aromatic carbocycles. The second kappa shape index (κ2) is 18.4. The van der Waals surface area contributed by atoms with E-state index in [0.29, 0.717) is 4.90 Å². The lowest BCUT2D eigenvalue weighted by Gasteiger charge is -2.40. The third-order valence-electron chi connectivity index (χ3n) is 5.60. The summed E-state index contributed by atoms with van der Waals surface area (Å²) in [7, 11) is -21.8. The van der Waals surface area contributed by atoms with Gasteiger partial charge in [0.1, 0.15) is 24.1 Å². The van der Waals surface area contributed by atoms with Crippen LogP contribution in [0.4, 0.5) is 0 Å². The molecular weight excluding hydrogens is 709 g/mol. The van der Waals surface area contributed by atoms with Gasteiger partial charge in [-0.15, -0.1) is 0 Å². The van der Waals surface area contributed by atoms with Crippen LogP contribution in [0, 0.1) is 0 Å². The van der Waals surface area contributed by atoms with Crippen molar-refractivity contribution in [3.63, 3.8) is 0 Å². The van der Waals surface area contributed by atoms with Gasteiger partial charge in [0.2, 0.25) is 0 Å². The molecule has 260 valence electrons. The molecule has 7 N–H and O–H groups in total. The second-order valence-corrected chi connectivity index (χ2v) is 23.9. The van der Waals surface area contributed by atoms with Gasteiger partial charge < -0.3 is 55.3 Å². The Morgan fingerprint density at radius 2 is 1.16 bits per heavy atom. The summed E-state index contributed by atoms with van der Waals surface area (Å²) in [5.74, 6) is -1.84. The molecule has 0 saturated carbocycles. The molecule has 20 nitrogen and oxygen atoms in total. The summed E-state index contributed by atoms with van der Waals surface area (Å²) in [6.07, 6.45) is -3.00. The number of nitrogens with zero attached hydrogens (tertiary/aromatic N) is 1. The van der Waals surface area contributed by atoms with Crippen molar-refractivity contribution in [3.05, 3.63) is 0 Å². The predicted molar refractivity (Wildman–Crippen MR) is 159 cm³/mol. The van der Waals surface area contributed by atoms with E-state index in [4.69, 9.17) is 35.7 Å². The van der Waals surface area contributed by atoms with Crippen molar-refractivity contribution in [1.82, 2.24) is 10.2 Å². The Balaban J connectivity index is 6.43. The average molecular weight is 753 g/mol. The SMILES string of the molecule is CCC(=O)C[Si](OC)(OC)O[Si](CC(=O)CNCP(=O)(O)O)(OC)O[Si](C)(CC(=O)CN(CP(=O)(O)O)CP(=O)(O)O)OC. The van der Waals surface area contributed by atoms with Crippen molar-refractivity contribution in [2.75, 3.05) is 60.4 Å². The van der Waals surface area contributed by atoms with E-state index in [1.807, 2.05) is 0 Å². The Hall–Kier alpha value is -0.209. The molecular formula is C18H43N2O18P3Si3. The zero-order valence-corrected chi connectivity index (χ0v) is 30.9. The molecule has 0 aliphatic rings. The maximum Gasteiger partial charge on any atom is 0.500 e. The highest BCUT2D eigenvalue weighted by atomic mass is 31.2. The summed E-state index contributed by atoms with van der Waals surface area (Å²) < 4.78 is 68.6. The van der Waals surface area contributed by atoms with Crippen molar-refractivity contribution in [2.45, 2.75) is 38.0 Å². The van der Waals surface area contributed by atoms with Crippen LogP contribution < -0.4 is 5.32 Å². The smallest absolute Gasteiger partial charge is 0.398 e. The Morgan fingerprint density at radius 3 is 1.55 bits per heavy atom. The first-order valence-electron chi connectivity index (χ1n) is 12.6. The van der Waals surface area contributed by atoms with E-state index in [2.05, 4.69) is 5.32 Å². The van der Waals surface area contributed by atoms with Crippen molar-refractivity contribution in [3.8, 4) is 0 Å². The van der Waals surface area contributed by atoms with Crippen LogP contribution in [0.3, 0.4) is 0 Å². The number of hydrogen-bond donors (Lipinski definition) is 7. The molecule has 0 aliphatic heterocycles. The van der Waals surface area contributed by atoms with Gasteiger partial charge in [-0.3, -0.25) is 38.3 Å². The van der Waals surface area contributed by atoms with Crippen LogP contribution in [-0.2, 0) is 54.0 Å². The molecule has 2 atom stereocenters. The number of carbonyl (C=O) groups is 3. The maximum atomic E-state index is 13.0. The number of Topliss-reactive ketones (excluding diaryl/α,β-unsaturated/α-hetero) is 3. The lowest BCUT2D eigenvalue weighted by molar-refractivity contribution is -0.118. The number of carbonyl (C=O) groups excluding carboxylic acids is 3. The van der Waals surface area contributed by atoms with Crippen LogP contribution in [0.2, 0.25) is 24.7 Å². The van der Waals surface area contributed by atoms with Crippen molar-refractivity contribution >= 4 is 66.3 Å². The van der Waals surface area contributed by atoms with E-state index in [9.17, 15) is 47.7 Å². The molecule has 0 saturated heterocycles. The molecule has 0 amide bonds. The molecule has 0 rings (SSSR count). The topological polar surface area (TPSA) is 294 Å². The molecule has 26 heteroatoms. The van der Waals surface area contributed by atoms with Crippen LogP contribution in [0.1, 0.15) is 13.3 Å². The molecule has 44 heavy (non-hydrogen) atoms. The average Bonchev–Trinajstić information content (AvgIpc) is 2.84. The standard InChI is InChI=1S/C18H43N2O18P3Si3/c1-7-16(21)11-43(34-3,35-4)38-44(36-5,12-17(22)8-19-13-39(24,25)26)37-42(6,33-2)10-18(23)9-20(14-40(27,28)29)15-41(30,31)32/h19H,7-15H2,1-6H3,(H2,24,25,26)(H2,27,28,29)(H2,30,31,32). The molecule has 0 radical (unpaired) electrons. The summed E-state index contributed by atoms with van der Waals surface area (Å²) in [5, 5.41) is 2.30. The predicted octanol–water partition coefficient (Wildman–Crippen LogP) is -1.03. The summed E-state index contributed by atoms with van der Waals surface area (Å²) in [4.78, 5) is 94.3. The fourth-order valence-electron chi connectivity index (χ4n) is 3.65. The summed E-state index contributed by atoms with van der Waals surface area (Å²) in [5.41, 5.74) is 0. The highest BCUT2D eigenvalue weighted by Gasteiger charge is 2.58. The molecule has 0 bridgehead atoms. The Kier molecular flexibility index (Phi) is 18.3. The largest absolute Gasteiger partial charge is 0.500 e. The molecule has 0 aliphatic carbocycles. The van der Waals surface area contributed by atoms with Gasteiger partial charge in [0, 0.05) is 34.9 Å². The minimum atomic E-state index is -4.84. The molecule has 0 aromatic heterocycles. The van der Waals surface area contributed by atoms with E-state index in [1.165, 1.54) is 27.9 Å². The number of ketones is 3. The lowest BCUT2D eigenvalue weighted by atomic mass is 10.4. The number of rotatable bonds is 25. The minimum Gasteiger partial charge on any atom is -0.398 e. The molecule has 0 spiro atoms. The first kappa shape index (κ1) is 43.8. The fraction of sp³-hybridized carbons (Fsp3) is 0.833. The van der Waals surface area contributed by atoms with E-state index in [0.717, 1.165) is 7.11 Å². The lowest BCUT2D eigenvalue weighted by Crippen LogP contribution is -2.63. The Labute approximate surface area is 258 Å². The summed E-state index contributed by atoms with van der Waals surface area (Å²) in [6.45, 7) is 1.56. The monoisotopic (exact) mass is 752 g/mol. The molecule has 2 unspecified atom stereocenters. The van der Waals surface area contributed by atoms with Gasteiger partial charge in [-0.25, -0.2) is 0 Å². The van der Waals surface area contributed by atoms with Crippen LogP contribution in [0.25, 0.3) is 0 Å². The second-order valence-electron chi connectivity index (χ2n) is 9.71. The van der Waals surface area contributed by atoms with Gasteiger partial charge >= 0.3 is 49.0 Å². The van der Waals surface area contributed by atoms with Gasteiger partial charge in [0.15, 0.2) is 5.78 Å². The van der Waals surface area contributed by atoms with Crippen molar-refractivity contribution in [2.24, 2.45) is 0 Å². The molecule has 0 aromatic rings.